The SMILES string of the molecule is NCC#Cc1ccnc(NC(=O)c2ccc(=O)[nH]c2)c1. The van der Waals surface area contributed by atoms with Gasteiger partial charge in [-0.15, -0.1) is 0 Å². The largest absolute Gasteiger partial charge is 0.328 e. The molecule has 6 heteroatoms. The van der Waals surface area contributed by atoms with Crippen molar-refractivity contribution in [1.29, 1.82) is 0 Å². The number of nitrogens with zero attached hydrogens (tertiary/aromatic N) is 1. The van der Waals surface area contributed by atoms with Crippen LogP contribution in [0.15, 0.2) is 41.5 Å². The van der Waals surface area contributed by atoms with Crippen LogP contribution in [0.4, 0.5) is 5.82 Å². The molecule has 2 rings (SSSR count). The maximum absolute atomic E-state index is 11.9. The van der Waals surface area contributed by atoms with Crippen molar-refractivity contribution in [2.45, 2.75) is 0 Å². The van der Waals surface area contributed by atoms with Crippen molar-refractivity contribution < 1.29 is 4.79 Å². The van der Waals surface area contributed by atoms with Gasteiger partial charge in [-0.25, -0.2) is 4.98 Å². The van der Waals surface area contributed by atoms with Crippen LogP contribution in [0.2, 0.25) is 0 Å². The molecule has 0 aliphatic rings. The molecule has 0 aromatic carbocycles. The first-order valence-electron chi connectivity index (χ1n) is 5.84. The number of amides is 1. The number of pyridine rings is 2. The number of hydrogen-bond acceptors (Lipinski definition) is 4. The van der Waals surface area contributed by atoms with Crippen LogP contribution in [0.3, 0.4) is 0 Å². The van der Waals surface area contributed by atoms with Gasteiger partial charge >= 0.3 is 0 Å². The van der Waals surface area contributed by atoms with E-state index in [2.05, 4.69) is 27.1 Å². The average Bonchev–Trinajstić information content (AvgIpc) is 2.46. The van der Waals surface area contributed by atoms with E-state index in [4.69, 9.17) is 5.73 Å². The minimum Gasteiger partial charge on any atom is -0.328 e. The molecule has 0 fully saturated rings. The Kier molecular flexibility index (Phi) is 4.27. The van der Waals surface area contributed by atoms with E-state index in [1.54, 1.807) is 18.3 Å². The van der Waals surface area contributed by atoms with Gasteiger partial charge in [0.25, 0.3) is 5.91 Å². The van der Waals surface area contributed by atoms with Crippen LogP contribution < -0.4 is 16.6 Å². The van der Waals surface area contributed by atoms with Gasteiger partial charge in [0.1, 0.15) is 5.82 Å². The molecule has 20 heavy (non-hydrogen) atoms. The summed E-state index contributed by atoms with van der Waals surface area (Å²) in [7, 11) is 0. The van der Waals surface area contributed by atoms with E-state index in [0.29, 0.717) is 16.9 Å². The van der Waals surface area contributed by atoms with Gasteiger partial charge in [-0.05, 0) is 18.2 Å². The number of hydrogen-bond donors (Lipinski definition) is 3. The standard InChI is InChI=1S/C14H12N4O2/c15-6-1-2-10-5-7-16-12(8-10)18-14(20)11-3-4-13(19)17-9-11/h3-5,7-9H,6,15H2,(H,17,19)(H,16,18,20). The van der Waals surface area contributed by atoms with E-state index in [0.717, 1.165) is 0 Å². The lowest BCUT2D eigenvalue weighted by atomic mass is 10.2. The first kappa shape index (κ1) is 13.5. The molecule has 0 aliphatic carbocycles. The van der Waals surface area contributed by atoms with Crippen LogP contribution in [0, 0.1) is 11.8 Å². The predicted molar refractivity (Wildman–Crippen MR) is 75.2 cm³/mol. The highest BCUT2D eigenvalue weighted by Crippen LogP contribution is 2.07. The third-order valence-corrected chi connectivity index (χ3v) is 2.38. The number of carbonyl (C=O) groups excluding carboxylic acids is 1. The van der Waals surface area contributed by atoms with Crippen LogP contribution >= 0.6 is 0 Å². The fraction of sp³-hybridized carbons (Fsp3) is 0.0714. The predicted octanol–water partition coefficient (Wildman–Crippen LogP) is 0.332. The molecule has 2 heterocycles. The normalized spacial score (nSPS) is 9.45. The molecule has 6 nitrogen and oxygen atoms in total. The summed E-state index contributed by atoms with van der Waals surface area (Å²) in [5.41, 5.74) is 6.08. The molecule has 2 aromatic heterocycles. The van der Waals surface area contributed by atoms with E-state index in [-0.39, 0.29) is 18.0 Å². The average molecular weight is 268 g/mol. The highest BCUT2D eigenvalue weighted by atomic mass is 16.2. The molecule has 0 saturated heterocycles. The Labute approximate surface area is 115 Å². The van der Waals surface area contributed by atoms with E-state index in [9.17, 15) is 9.59 Å². The summed E-state index contributed by atoms with van der Waals surface area (Å²) >= 11 is 0. The zero-order valence-corrected chi connectivity index (χ0v) is 10.5. The summed E-state index contributed by atoms with van der Waals surface area (Å²) in [4.78, 5) is 29.3. The number of aromatic amines is 1. The van der Waals surface area contributed by atoms with Crippen molar-refractivity contribution in [2.24, 2.45) is 5.73 Å². The van der Waals surface area contributed by atoms with E-state index >= 15 is 0 Å². The van der Waals surface area contributed by atoms with Crippen LogP contribution in [0.5, 0.6) is 0 Å². The summed E-state index contributed by atoms with van der Waals surface area (Å²) in [6, 6.07) is 6.09. The maximum Gasteiger partial charge on any atom is 0.258 e. The minimum atomic E-state index is -0.363. The lowest BCUT2D eigenvalue weighted by molar-refractivity contribution is 0.102. The Morgan fingerprint density at radius 2 is 2.25 bits per heavy atom. The number of rotatable bonds is 2. The summed E-state index contributed by atoms with van der Waals surface area (Å²) in [6.45, 7) is 0.265. The van der Waals surface area contributed by atoms with Gasteiger partial charge in [0, 0.05) is 24.0 Å². The second-order valence-corrected chi connectivity index (χ2v) is 3.83. The minimum absolute atomic E-state index is 0.265. The van der Waals surface area contributed by atoms with Gasteiger partial charge in [-0.2, -0.15) is 0 Å². The lowest BCUT2D eigenvalue weighted by Gasteiger charge is -2.04. The smallest absolute Gasteiger partial charge is 0.258 e. The molecule has 0 unspecified atom stereocenters. The van der Waals surface area contributed by atoms with E-state index < -0.39 is 0 Å². The molecule has 0 aliphatic heterocycles. The second kappa shape index (κ2) is 6.31. The molecule has 2 aromatic rings. The molecule has 0 saturated carbocycles. The highest BCUT2D eigenvalue weighted by molar-refractivity contribution is 6.03. The Morgan fingerprint density at radius 3 is 2.95 bits per heavy atom. The Bertz CT molecular complexity index is 720. The fourth-order valence-electron chi connectivity index (χ4n) is 1.47. The molecule has 0 atom stereocenters. The van der Waals surface area contributed by atoms with Crippen LogP contribution in [0.1, 0.15) is 15.9 Å². The van der Waals surface area contributed by atoms with Gasteiger partial charge in [0.05, 0.1) is 12.1 Å². The van der Waals surface area contributed by atoms with Crippen LogP contribution in [-0.2, 0) is 0 Å². The van der Waals surface area contributed by atoms with Gasteiger partial charge in [-0.1, -0.05) is 11.8 Å². The van der Waals surface area contributed by atoms with Gasteiger partial charge in [0.15, 0.2) is 0 Å². The molecule has 4 N–H and O–H groups in total. The van der Waals surface area contributed by atoms with E-state index in [1.165, 1.54) is 18.3 Å². The van der Waals surface area contributed by atoms with Crippen molar-refractivity contribution in [2.75, 3.05) is 11.9 Å². The maximum atomic E-state index is 11.9. The highest BCUT2D eigenvalue weighted by Gasteiger charge is 2.06. The van der Waals surface area contributed by atoms with Gasteiger partial charge < -0.3 is 16.0 Å². The van der Waals surface area contributed by atoms with Crippen LogP contribution in [0.25, 0.3) is 0 Å². The molecule has 0 spiro atoms. The van der Waals surface area contributed by atoms with Crippen LogP contribution in [-0.4, -0.2) is 22.4 Å². The lowest BCUT2D eigenvalue weighted by Crippen LogP contribution is -2.15. The van der Waals surface area contributed by atoms with Crippen molar-refractivity contribution in [1.82, 2.24) is 9.97 Å². The topological polar surface area (TPSA) is 101 Å². The first-order valence-corrected chi connectivity index (χ1v) is 5.84. The second-order valence-electron chi connectivity index (χ2n) is 3.83. The molecule has 100 valence electrons. The molecule has 0 bridgehead atoms. The number of nitrogens with one attached hydrogen (secondary N) is 2. The van der Waals surface area contributed by atoms with Gasteiger partial charge in [-0.3, -0.25) is 9.59 Å². The number of carbonyl (C=O) groups is 1. The van der Waals surface area contributed by atoms with Crippen molar-refractivity contribution >= 4 is 11.7 Å². The molecule has 1 amide bonds. The van der Waals surface area contributed by atoms with Crippen molar-refractivity contribution in [3.05, 3.63) is 58.1 Å². The summed E-state index contributed by atoms with van der Waals surface area (Å²) in [5, 5.41) is 2.62. The molecule has 0 radical (unpaired) electrons. The fourth-order valence-corrected chi connectivity index (χ4v) is 1.47. The number of anilines is 1. The van der Waals surface area contributed by atoms with E-state index in [1.807, 2.05) is 0 Å². The first-order chi connectivity index (χ1) is 9.69. The molecular formula is C14H12N4O2. The Morgan fingerprint density at radius 1 is 1.40 bits per heavy atom. The molecular weight excluding hydrogens is 256 g/mol. The summed E-state index contributed by atoms with van der Waals surface area (Å²) in [5.74, 6) is 5.59. The zero-order chi connectivity index (χ0) is 14.4. The number of aromatic nitrogens is 2. The Hall–Kier alpha value is -2.91. The zero-order valence-electron chi connectivity index (χ0n) is 10.5. The third kappa shape index (κ3) is 3.54. The van der Waals surface area contributed by atoms with Crippen molar-refractivity contribution in [3.63, 3.8) is 0 Å². The third-order valence-electron chi connectivity index (χ3n) is 2.38. The quantitative estimate of drug-likeness (QED) is 0.683. The Balaban J connectivity index is 2.15. The van der Waals surface area contributed by atoms with Crippen molar-refractivity contribution in [3.8, 4) is 11.8 Å². The number of nitrogens with two attached hydrogens (primary N) is 1. The van der Waals surface area contributed by atoms with Gasteiger partial charge in [0.2, 0.25) is 5.56 Å². The monoisotopic (exact) mass is 268 g/mol. The summed E-state index contributed by atoms with van der Waals surface area (Å²) in [6.07, 6.45) is 2.89. The number of H-pyrrole nitrogens is 1. The summed E-state index contributed by atoms with van der Waals surface area (Å²) < 4.78 is 0.